The van der Waals surface area contributed by atoms with Gasteiger partial charge in [0.1, 0.15) is 6.04 Å². The number of amides is 2. The Balaban J connectivity index is 1.69. The van der Waals surface area contributed by atoms with Crippen molar-refractivity contribution < 1.29 is 9.59 Å². The predicted octanol–water partition coefficient (Wildman–Crippen LogP) is 4.02. The fourth-order valence-corrected chi connectivity index (χ4v) is 3.33. The van der Waals surface area contributed by atoms with Crippen molar-refractivity contribution in [2.75, 3.05) is 5.32 Å². The number of rotatable bonds is 4. The van der Waals surface area contributed by atoms with Crippen LogP contribution >= 0.6 is 0 Å². The molecule has 3 aromatic carbocycles. The Morgan fingerprint density at radius 3 is 2.15 bits per heavy atom. The van der Waals surface area contributed by atoms with Crippen LogP contribution in [0.25, 0.3) is 0 Å². The molecule has 1 N–H and O–H groups in total. The van der Waals surface area contributed by atoms with E-state index in [1.54, 1.807) is 4.90 Å². The SMILES string of the molecule is O=C(Nc1ccccc1)C(c1ccccc1)N1Cc2ccccc2C1=O. The number of fused-ring (bicyclic) bond motifs is 1. The van der Waals surface area contributed by atoms with Gasteiger partial charge in [-0.15, -0.1) is 0 Å². The average molecular weight is 342 g/mol. The first kappa shape index (κ1) is 16.1. The van der Waals surface area contributed by atoms with Gasteiger partial charge in [-0.25, -0.2) is 0 Å². The highest BCUT2D eigenvalue weighted by molar-refractivity contribution is 6.03. The van der Waals surface area contributed by atoms with Crippen LogP contribution in [-0.2, 0) is 11.3 Å². The maximum absolute atomic E-state index is 13.1. The Kier molecular flexibility index (Phi) is 4.23. The first-order chi connectivity index (χ1) is 12.7. The molecule has 0 saturated heterocycles. The molecule has 0 bridgehead atoms. The van der Waals surface area contributed by atoms with Crippen molar-refractivity contribution in [3.05, 3.63) is 102 Å². The molecule has 0 spiro atoms. The third-order valence-corrected chi connectivity index (χ3v) is 4.57. The van der Waals surface area contributed by atoms with Crippen LogP contribution in [0.5, 0.6) is 0 Å². The first-order valence-electron chi connectivity index (χ1n) is 8.54. The number of nitrogens with one attached hydrogen (secondary N) is 1. The van der Waals surface area contributed by atoms with Crippen LogP contribution in [0.1, 0.15) is 27.5 Å². The number of para-hydroxylation sites is 1. The van der Waals surface area contributed by atoms with Gasteiger partial charge < -0.3 is 10.2 Å². The summed E-state index contributed by atoms with van der Waals surface area (Å²) in [6.07, 6.45) is 0. The second-order valence-corrected chi connectivity index (χ2v) is 6.26. The summed E-state index contributed by atoms with van der Waals surface area (Å²) < 4.78 is 0. The van der Waals surface area contributed by atoms with E-state index in [0.29, 0.717) is 17.8 Å². The van der Waals surface area contributed by atoms with Gasteiger partial charge in [-0.2, -0.15) is 0 Å². The molecule has 1 unspecified atom stereocenters. The van der Waals surface area contributed by atoms with Gasteiger partial charge in [0.25, 0.3) is 11.8 Å². The molecular weight excluding hydrogens is 324 g/mol. The van der Waals surface area contributed by atoms with E-state index in [-0.39, 0.29) is 11.8 Å². The van der Waals surface area contributed by atoms with Crippen molar-refractivity contribution in [2.24, 2.45) is 0 Å². The fourth-order valence-electron chi connectivity index (χ4n) is 3.33. The molecule has 1 heterocycles. The number of anilines is 1. The Morgan fingerprint density at radius 2 is 1.46 bits per heavy atom. The van der Waals surface area contributed by atoms with E-state index in [1.807, 2.05) is 84.9 Å². The molecule has 1 aliphatic rings. The van der Waals surface area contributed by atoms with Gasteiger partial charge in [0, 0.05) is 17.8 Å². The van der Waals surface area contributed by atoms with E-state index in [9.17, 15) is 9.59 Å². The minimum absolute atomic E-state index is 0.113. The molecule has 2 amide bonds. The van der Waals surface area contributed by atoms with Crippen LogP contribution in [0.2, 0.25) is 0 Å². The van der Waals surface area contributed by atoms with E-state index in [2.05, 4.69) is 5.32 Å². The molecule has 4 rings (SSSR count). The van der Waals surface area contributed by atoms with E-state index in [4.69, 9.17) is 0 Å². The molecule has 3 aromatic rings. The summed E-state index contributed by atoms with van der Waals surface area (Å²) in [5.41, 5.74) is 3.12. The highest BCUT2D eigenvalue weighted by Gasteiger charge is 2.37. The van der Waals surface area contributed by atoms with Crippen LogP contribution in [0.3, 0.4) is 0 Å². The Bertz CT molecular complexity index is 939. The highest BCUT2D eigenvalue weighted by Crippen LogP contribution is 2.32. The molecule has 0 radical (unpaired) electrons. The van der Waals surface area contributed by atoms with Crippen molar-refractivity contribution in [1.82, 2.24) is 4.90 Å². The molecule has 4 nitrogen and oxygen atoms in total. The lowest BCUT2D eigenvalue weighted by Crippen LogP contribution is -2.37. The van der Waals surface area contributed by atoms with Crippen LogP contribution < -0.4 is 5.32 Å². The summed E-state index contributed by atoms with van der Waals surface area (Å²) in [4.78, 5) is 27.6. The maximum atomic E-state index is 13.1. The summed E-state index contributed by atoms with van der Waals surface area (Å²) in [6, 6.07) is 25.5. The third kappa shape index (κ3) is 2.97. The molecule has 0 aromatic heterocycles. The Morgan fingerprint density at radius 1 is 0.846 bits per heavy atom. The van der Waals surface area contributed by atoms with Crippen LogP contribution in [-0.4, -0.2) is 16.7 Å². The van der Waals surface area contributed by atoms with Gasteiger partial charge in [0.05, 0.1) is 0 Å². The number of nitrogens with zero attached hydrogens (tertiary/aromatic N) is 1. The van der Waals surface area contributed by atoms with Crippen molar-refractivity contribution in [1.29, 1.82) is 0 Å². The molecular formula is C22H18N2O2. The fraction of sp³-hybridized carbons (Fsp3) is 0.0909. The summed E-state index contributed by atoms with van der Waals surface area (Å²) in [7, 11) is 0. The number of benzene rings is 3. The third-order valence-electron chi connectivity index (χ3n) is 4.57. The minimum Gasteiger partial charge on any atom is -0.324 e. The molecule has 0 saturated carbocycles. The number of hydrogen-bond acceptors (Lipinski definition) is 2. The van der Waals surface area contributed by atoms with Gasteiger partial charge in [0.15, 0.2) is 0 Å². The Labute approximate surface area is 152 Å². The molecule has 1 atom stereocenters. The quantitative estimate of drug-likeness (QED) is 0.778. The molecule has 1 aliphatic heterocycles. The van der Waals surface area contributed by atoms with Gasteiger partial charge in [-0.1, -0.05) is 66.7 Å². The normalized spacial score (nSPS) is 14.0. The summed E-state index contributed by atoms with van der Waals surface area (Å²) in [5.74, 6) is -0.332. The molecule has 26 heavy (non-hydrogen) atoms. The van der Waals surface area contributed by atoms with E-state index in [1.165, 1.54) is 0 Å². The van der Waals surface area contributed by atoms with Crippen molar-refractivity contribution in [2.45, 2.75) is 12.6 Å². The van der Waals surface area contributed by atoms with Gasteiger partial charge in [0.2, 0.25) is 0 Å². The second-order valence-electron chi connectivity index (χ2n) is 6.26. The number of carbonyl (C=O) groups is 2. The number of carbonyl (C=O) groups excluding carboxylic acids is 2. The summed E-state index contributed by atoms with van der Waals surface area (Å²) >= 11 is 0. The van der Waals surface area contributed by atoms with Crippen molar-refractivity contribution in [3.8, 4) is 0 Å². The molecule has 0 fully saturated rings. The maximum Gasteiger partial charge on any atom is 0.255 e. The zero-order chi connectivity index (χ0) is 17.9. The largest absolute Gasteiger partial charge is 0.324 e. The second kappa shape index (κ2) is 6.84. The van der Waals surface area contributed by atoms with Crippen molar-refractivity contribution in [3.63, 3.8) is 0 Å². The summed E-state index contributed by atoms with van der Waals surface area (Å²) in [6.45, 7) is 0.427. The average Bonchev–Trinajstić information content (AvgIpc) is 3.00. The van der Waals surface area contributed by atoms with Crippen molar-refractivity contribution >= 4 is 17.5 Å². The van der Waals surface area contributed by atoms with E-state index < -0.39 is 6.04 Å². The lowest BCUT2D eigenvalue weighted by Gasteiger charge is -2.27. The van der Waals surface area contributed by atoms with Gasteiger partial charge in [-0.05, 0) is 29.3 Å². The Hall–Kier alpha value is -3.40. The van der Waals surface area contributed by atoms with Crippen LogP contribution in [0, 0.1) is 0 Å². The smallest absolute Gasteiger partial charge is 0.255 e. The monoisotopic (exact) mass is 342 g/mol. The standard InChI is InChI=1S/C22H18N2O2/c25-21(23-18-12-5-2-6-13-18)20(16-9-3-1-4-10-16)24-15-17-11-7-8-14-19(17)22(24)26/h1-14,20H,15H2,(H,23,25). The molecule has 128 valence electrons. The summed E-state index contributed by atoms with van der Waals surface area (Å²) in [5, 5.41) is 2.93. The minimum atomic E-state index is -0.684. The van der Waals surface area contributed by atoms with Gasteiger partial charge >= 0.3 is 0 Å². The van der Waals surface area contributed by atoms with Crippen LogP contribution in [0.4, 0.5) is 5.69 Å². The lowest BCUT2D eigenvalue weighted by atomic mass is 10.0. The van der Waals surface area contributed by atoms with E-state index >= 15 is 0 Å². The molecule has 4 heteroatoms. The van der Waals surface area contributed by atoms with Crippen LogP contribution in [0.15, 0.2) is 84.9 Å². The zero-order valence-corrected chi connectivity index (χ0v) is 14.1. The first-order valence-corrected chi connectivity index (χ1v) is 8.54. The van der Waals surface area contributed by atoms with E-state index in [0.717, 1.165) is 11.1 Å². The lowest BCUT2D eigenvalue weighted by molar-refractivity contribution is -0.120. The van der Waals surface area contributed by atoms with Gasteiger partial charge in [-0.3, -0.25) is 9.59 Å². The highest BCUT2D eigenvalue weighted by atomic mass is 16.2. The number of hydrogen-bond donors (Lipinski definition) is 1. The molecule has 0 aliphatic carbocycles. The topological polar surface area (TPSA) is 49.4 Å². The predicted molar refractivity (Wildman–Crippen MR) is 101 cm³/mol. The zero-order valence-electron chi connectivity index (χ0n) is 14.1.